The third kappa shape index (κ3) is 1.96. The molecule has 1 aliphatic heterocycles. The lowest BCUT2D eigenvalue weighted by Crippen LogP contribution is -2.22. The molecule has 1 aromatic heterocycles. The molecular formula is C13H16N4O. The maximum absolute atomic E-state index is 10.9. The number of hydrogen-bond acceptors (Lipinski definition) is 4. The molecule has 2 heterocycles. The van der Waals surface area contributed by atoms with Crippen LogP contribution in [0.2, 0.25) is 0 Å². The van der Waals surface area contributed by atoms with E-state index in [2.05, 4.69) is 27.2 Å². The second-order valence-corrected chi connectivity index (χ2v) is 5.01. The first-order valence-corrected chi connectivity index (χ1v) is 6.27. The maximum Gasteiger partial charge on any atom is 0.269 e. The molecule has 0 spiro atoms. The van der Waals surface area contributed by atoms with Gasteiger partial charge >= 0.3 is 0 Å². The Morgan fingerprint density at radius 2 is 1.83 bits per heavy atom. The van der Waals surface area contributed by atoms with Gasteiger partial charge in [0.25, 0.3) is 5.91 Å². The summed E-state index contributed by atoms with van der Waals surface area (Å²) in [5.74, 6) is 1.77. The Kier molecular flexibility index (Phi) is 2.74. The van der Waals surface area contributed by atoms with Crippen LogP contribution >= 0.6 is 0 Å². The number of amides is 1. The van der Waals surface area contributed by atoms with Crippen LogP contribution in [-0.4, -0.2) is 29.2 Å². The van der Waals surface area contributed by atoms with Gasteiger partial charge in [0.1, 0.15) is 0 Å². The van der Waals surface area contributed by atoms with E-state index in [1.165, 1.54) is 0 Å². The molecule has 1 fully saturated rings. The zero-order valence-electron chi connectivity index (χ0n) is 10.1. The second-order valence-electron chi connectivity index (χ2n) is 5.01. The fourth-order valence-electron chi connectivity index (χ4n) is 2.83. The summed E-state index contributed by atoms with van der Waals surface area (Å²) in [5, 5.41) is 7.95. The van der Waals surface area contributed by atoms with Crippen LogP contribution in [0.15, 0.2) is 24.3 Å². The van der Waals surface area contributed by atoms with Crippen LogP contribution in [0.5, 0.6) is 0 Å². The summed E-state index contributed by atoms with van der Waals surface area (Å²) < 4.78 is 0. The van der Waals surface area contributed by atoms with Crippen molar-refractivity contribution in [1.29, 1.82) is 0 Å². The van der Waals surface area contributed by atoms with Crippen molar-refractivity contribution in [3.8, 4) is 0 Å². The van der Waals surface area contributed by atoms with Crippen molar-refractivity contribution < 1.29 is 4.79 Å². The fraction of sp³-hybridized carbons (Fsp3) is 0.462. The van der Waals surface area contributed by atoms with E-state index in [4.69, 9.17) is 5.73 Å². The van der Waals surface area contributed by atoms with Crippen molar-refractivity contribution in [2.24, 2.45) is 17.6 Å². The highest BCUT2D eigenvalue weighted by atomic mass is 16.1. The number of anilines is 1. The Balaban J connectivity index is 1.74. The number of fused-ring (bicyclic) bond motifs is 1. The summed E-state index contributed by atoms with van der Waals surface area (Å²) in [6, 6.07) is 3.47. The first-order valence-electron chi connectivity index (χ1n) is 6.27. The van der Waals surface area contributed by atoms with Crippen molar-refractivity contribution in [2.75, 3.05) is 18.0 Å². The number of primary amides is 1. The average molecular weight is 244 g/mol. The third-order valence-electron chi connectivity index (χ3n) is 3.85. The molecule has 1 amide bonds. The average Bonchev–Trinajstić information content (AvgIpc) is 2.82. The standard InChI is InChI=1S/C13H16N4O/c14-13(18)11-5-6-12(16-15-11)17-7-9-3-1-2-4-10(9)8-17/h1-2,5-6,9-10H,3-4,7-8H2,(H2,14,18)/t9-,10+. The van der Waals surface area contributed by atoms with Gasteiger partial charge in [-0.05, 0) is 36.8 Å². The summed E-state index contributed by atoms with van der Waals surface area (Å²) in [4.78, 5) is 13.2. The minimum absolute atomic E-state index is 0.219. The van der Waals surface area contributed by atoms with Gasteiger partial charge in [0, 0.05) is 13.1 Å². The minimum Gasteiger partial charge on any atom is -0.364 e. The van der Waals surface area contributed by atoms with Gasteiger partial charge in [0.05, 0.1) is 0 Å². The smallest absolute Gasteiger partial charge is 0.269 e. The second kappa shape index (κ2) is 4.40. The Hall–Kier alpha value is -1.91. The lowest BCUT2D eigenvalue weighted by atomic mass is 9.86. The molecule has 2 N–H and O–H groups in total. The molecule has 3 rings (SSSR count). The van der Waals surface area contributed by atoms with Crippen molar-refractivity contribution >= 4 is 11.7 Å². The number of aromatic nitrogens is 2. The topological polar surface area (TPSA) is 72.1 Å². The highest BCUT2D eigenvalue weighted by Gasteiger charge is 2.33. The van der Waals surface area contributed by atoms with E-state index in [0.29, 0.717) is 0 Å². The lowest BCUT2D eigenvalue weighted by Gasteiger charge is -2.17. The van der Waals surface area contributed by atoms with Gasteiger partial charge in [-0.1, -0.05) is 12.2 Å². The van der Waals surface area contributed by atoms with Gasteiger partial charge in [-0.15, -0.1) is 10.2 Å². The molecule has 0 saturated carbocycles. The number of nitrogens with zero attached hydrogens (tertiary/aromatic N) is 3. The zero-order chi connectivity index (χ0) is 12.5. The SMILES string of the molecule is NC(=O)c1ccc(N2C[C@H]3CC=CC[C@H]3C2)nn1. The van der Waals surface area contributed by atoms with Crippen LogP contribution in [-0.2, 0) is 0 Å². The predicted molar refractivity (Wildman–Crippen MR) is 68.1 cm³/mol. The molecule has 5 nitrogen and oxygen atoms in total. The molecule has 0 aromatic carbocycles. The van der Waals surface area contributed by atoms with Gasteiger partial charge in [-0.25, -0.2) is 0 Å². The van der Waals surface area contributed by atoms with Gasteiger partial charge in [-0.2, -0.15) is 0 Å². The van der Waals surface area contributed by atoms with Crippen LogP contribution in [0.3, 0.4) is 0 Å². The highest BCUT2D eigenvalue weighted by Crippen LogP contribution is 2.34. The summed E-state index contributed by atoms with van der Waals surface area (Å²) in [7, 11) is 0. The van der Waals surface area contributed by atoms with Crippen LogP contribution < -0.4 is 10.6 Å². The van der Waals surface area contributed by atoms with E-state index >= 15 is 0 Å². The van der Waals surface area contributed by atoms with Crippen LogP contribution in [0.4, 0.5) is 5.82 Å². The molecule has 2 aliphatic rings. The van der Waals surface area contributed by atoms with Crippen molar-refractivity contribution in [2.45, 2.75) is 12.8 Å². The third-order valence-corrected chi connectivity index (χ3v) is 3.85. The summed E-state index contributed by atoms with van der Waals surface area (Å²) in [6.45, 7) is 2.05. The molecule has 0 unspecified atom stereocenters. The van der Waals surface area contributed by atoms with Gasteiger partial charge in [0.15, 0.2) is 11.5 Å². The highest BCUT2D eigenvalue weighted by molar-refractivity contribution is 5.90. The minimum atomic E-state index is -0.534. The number of carbonyl (C=O) groups excluding carboxylic acids is 1. The predicted octanol–water partition coefficient (Wildman–Crippen LogP) is 0.978. The van der Waals surface area contributed by atoms with Crippen molar-refractivity contribution in [1.82, 2.24) is 10.2 Å². The Bertz CT molecular complexity index is 466. The monoisotopic (exact) mass is 244 g/mol. The van der Waals surface area contributed by atoms with Crippen LogP contribution in [0, 0.1) is 11.8 Å². The molecular weight excluding hydrogens is 228 g/mol. The normalized spacial score (nSPS) is 26.1. The molecule has 1 aliphatic carbocycles. The molecule has 5 heteroatoms. The van der Waals surface area contributed by atoms with Crippen molar-refractivity contribution in [3.63, 3.8) is 0 Å². The quantitative estimate of drug-likeness (QED) is 0.787. The molecule has 94 valence electrons. The van der Waals surface area contributed by atoms with E-state index in [9.17, 15) is 4.79 Å². The molecule has 0 radical (unpaired) electrons. The number of allylic oxidation sites excluding steroid dienone is 2. The summed E-state index contributed by atoms with van der Waals surface area (Å²) in [5.41, 5.74) is 5.37. The first-order chi connectivity index (χ1) is 8.74. The zero-order valence-corrected chi connectivity index (χ0v) is 10.1. The van der Waals surface area contributed by atoms with E-state index < -0.39 is 5.91 Å². The Labute approximate surface area is 106 Å². The fourth-order valence-corrected chi connectivity index (χ4v) is 2.83. The maximum atomic E-state index is 10.9. The number of carbonyl (C=O) groups is 1. The molecule has 18 heavy (non-hydrogen) atoms. The lowest BCUT2D eigenvalue weighted by molar-refractivity contribution is 0.0994. The molecule has 1 aromatic rings. The summed E-state index contributed by atoms with van der Waals surface area (Å²) >= 11 is 0. The van der Waals surface area contributed by atoms with Gasteiger partial charge in [-0.3, -0.25) is 4.79 Å². The van der Waals surface area contributed by atoms with Crippen LogP contribution in [0.1, 0.15) is 23.3 Å². The van der Waals surface area contributed by atoms with Gasteiger partial charge in [0.2, 0.25) is 0 Å². The number of rotatable bonds is 2. The molecule has 1 saturated heterocycles. The largest absolute Gasteiger partial charge is 0.364 e. The van der Waals surface area contributed by atoms with Crippen LogP contribution in [0.25, 0.3) is 0 Å². The Morgan fingerprint density at radius 3 is 2.33 bits per heavy atom. The van der Waals surface area contributed by atoms with E-state index in [1.807, 2.05) is 6.07 Å². The number of hydrogen-bond donors (Lipinski definition) is 1. The molecule has 0 bridgehead atoms. The summed E-state index contributed by atoms with van der Waals surface area (Å²) in [6.07, 6.45) is 6.86. The number of nitrogens with two attached hydrogens (primary N) is 1. The molecule has 2 atom stereocenters. The first kappa shape index (κ1) is 11.2. The van der Waals surface area contributed by atoms with Gasteiger partial charge < -0.3 is 10.6 Å². The van der Waals surface area contributed by atoms with E-state index in [1.54, 1.807) is 6.07 Å². The van der Waals surface area contributed by atoms with E-state index in [-0.39, 0.29) is 5.69 Å². The van der Waals surface area contributed by atoms with E-state index in [0.717, 1.165) is 43.6 Å². The van der Waals surface area contributed by atoms with Crippen molar-refractivity contribution in [3.05, 3.63) is 30.0 Å². The Morgan fingerprint density at radius 1 is 1.17 bits per heavy atom.